The zero-order valence-electron chi connectivity index (χ0n) is 8.87. The molecule has 0 aliphatic carbocycles. The summed E-state index contributed by atoms with van der Waals surface area (Å²) in [5.41, 5.74) is 1.47. The Labute approximate surface area is 91.8 Å². The summed E-state index contributed by atoms with van der Waals surface area (Å²) < 4.78 is 10.7. The molecule has 2 heterocycles. The molecule has 16 heavy (non-hydrogen) atoms. The number of aromatic amines is 1. The summed E-state index contributed by atoms with van der Waals surface area (Å²) >= 11 is 0. The largest absolute Gasteiger partial charge is 0.497 e. The van der Waals surface area contributed by atoms with Gasteiger partial charge in [0.05, 0.1) is 24.8 Å². The van der Waals surface area contributed by atoms with E-state index in [2.05, 4.69) is 4.98 Å². The van der Waals surface area contributed by atoms with Crippen molar-refractivity contribution in [2.45, 2.75) is 6.42 Å². The first-order chi connectivity index (χ1) is 7.79. The molecule has 0 spiro atoms. The lowest BCUT2D eigenvalue weighted by molar-refractivity contribution is 0.360. The molecule has 0 unspecified atom stereocenters. The number of H-pyrrole nitrogens is 1. The second-order valence-electron chi connectivity index (χ2n) is 3.77. The van der Waals surface area contributed by atoms with Crippen molar-refractivity contribution in [1.29, 1.82) is 0 Å². The number of pyridine rings is 1. The van der Waals surface area contributed by atoms with Gasteiger partial charge in [0.1, 0.15) is 11.5 Å². The molecular formula is C12H11NO3. The van der Waals surface area contributed by atoms with Gasteiger partial charge in [0, 0.05) is 11.8 Å². The first-order valence-corrected chi connectivity index (χ1v) is 5.15. The van der Waals surface area contributed by atoms with Gasteiger partial charge < -0.3 is 14.5 Å². The summed E-state index contributed by atoms with van der Waals surface area (Å²) in [7, 11) is 1.62. The Morgan fingerprint density at radius 2 is 2.31 bits per heavy atom. The lowest BCUT2D eigenvalue weighted by Crippen LogP contribution is -2.10. The normalized spacial score (nSPS) is 13.6. The van der Waals surface area contributed by atoms with E-state index in [1.807, 2.05) is 18.2 Å². The maximum absolute atomic E-state index is 11.7. The van der Waals surface area contributed by atoms with Crippen LogP contribution in [0.4, 0.5) is 0 Å². The third-order valence-electron chi connectivity index (χ3n) is 2.87. The van der Waals surface area contributed by atoms with Crippen molar-refractivity contribution in [1.82, 2.24) is 4.98 Å². The molecule has 0 bridgehead atoms. The van der Waals surface area contributed by atoms with E-state index in [0.717, 1.165) is 22.2 Å². The van der Waals surface area contributed by atoms with Gasteiger partial charge in [-0.1, -0.05) is 0 Å². The van der Waals surface area contributed by atoms with Gasteiger partial charge in [-0.3, -0.25) is 4.79 Å². The number of methoxy groups -OCH3 is 1. The van der Waals surface area contributed by atoms with E-state index in [1.165, 1.54) is 0 Å². The molecule has 1 aliphatic rings. The minimum Gasteiger partial charge on any atom is -0.497 e. The molecule has 0 saturated heterocycles. The predicted molar refractivity (Wildman–Crippen MR) is 60.3 cm³/mol. The van der Waals surface area contributed by atoms with Gasteiger partial charge >= 0.3 is 0 Å². The first-order valence-electron chi connectivity index (χ1n) is 5.15. The number of benzene rings is 1. The molecule has 0 fully saturated rings. The molecule has 82 valence electrons. The first kappa shape index (κ1) is 9.27. The van der Waals surface area contributed by atoms with Gasteiger partial charge in [-0.2, -0.15) is 0 Å². The summed E-state index contributed by atoms with van der Waals surface area (Å²) in [4.78, 5) is 14.6. The average Bonchev–Trinajstić information content (AvgIpc) is 2.78. The maximum Gasteiger partial charge on any atom is 0.255 e. The van der Waals surface area contributed by atoms with Gasteiger partial charge in [0.2, 0.25) is 0 Å². The lowest BCUT2D eigenvalue weighted by atomic mass is 10.1. The van der Waals surface area contributed by atoms with Gasteiger partial charge in [0.25, 0.3) is 5.56 Å². The van der Waals surface area contributed by atoms with Crippen molar-refractivity contribution in [2.75, 3.05) is 13.7 Å². The van der Waals surface area contributed by atoms with Crippen LogP contribution in [0.1, 0.15) is 5.56 Å². The third-order valence-corrected chi connectivity index (χ3v) is 2.87. The second kappa shape index (κ2) is 3.27. The topological polar surface area (TPSA) is 51.3 Å². The van der Waals surface area contributed by atoms with Crippen LogP contribution in [-0.2, 0) is 6.42 Å². The van der Waals surface area contributed by atoms with E-state index in [-0.39, 0.29) is 5.56 Å². The van der Waals surface area contributed by atoms with Crippen molar-refractivity contribution in [3.63, 3.8) is 0 Å². The van der Waals surface area contributed by atoms with Gasteiger partial charge in [-0.15, -0.1) is 0 Å². The highest BCUT2D eigenvalue weighted by molar-refractivity contribution is 5.87. The van der Waals surface area contributed by atoms with Crippen LogP contribution in [0.15, 0.2) is 23.0 Å². The fourth-order valence-electron chi connectivity index (χ4n) is 2.06. The van der Waals surface area contributed by atoms with Gasteiger partial charge in [0.15, 0.2) is 0 Å². The molecule has 3 rings (SSSR count). The number of hydrogen-bond acceptors (Lipinski definition) is 3. The quantitative estimate of drug-likeness (QED) is 0.787. The highest BCUT2D eigenvalue weighted by Gasteiger charge is 2.19. The van der Waals surface area contributed by atoms with Crippen molar-refractivity contribution in [3.05, 3.63) is 34.1 Å². The molecule has 0 saturated carbocycles. The van der Waals surface area contributed by atoms with Crippen molar-refractivity contribution < 1.29 is 9.47 Å². The minimum atomic E-state index is -0.0508. The van der Waals surface area contributed by atoms with Crippen molar-refractivity contribution in [2.24, 2.45) is 0 Å². The number of hydrogen-bond donors (Lipinski definition) is 1. The second-order valence-corrected chi connectivity index (χ2v) is 3.77. The standard InChI is InChI=1S/C12H11NO3/c1-15-7-2-3-10-9(6-7)11-8(4-5-16-11)12(14)13-10/h2-3,6H,4-5H2,1H3,(H,13,14). The van der Waals surface area contributed by atoms with E-state index < -0.39 is 0 Å². The van der Waals surface area contributed by atoms with E-state index >= 15 is 0 Å². The van der Waals surface area contributed by atoms with Crippen molar-refractivity contribution in [3.8, 4) is 11.5 Å². The van der Waals surface area contributed by atoms with Gasteiger partial charge in [-0.25, -0.2) is 0 Å². The SMILES string of the molecule is COc1ccc2[nH]c(=O)c3c(c2c1)OCC3. The van der Waals surface area contributed by atoms with Crippen LogP contribution in [-0.4, -0.2) is 18.7 Å². The molecule has 4 heteroatoms. The van der Waals surface area contributed by atoms with Crippen LogP contribution in [0.25, 0.3) is 10.9 Å². The number of nitrogens with one attached hydrogen (secondary N) is 1. The predicted octanol–water partition coefficient (Wildman–Crippen LogP) is 1.47. The number of fused-ring (bicyclic) bond motifs is 3. The molecule has 4 nitrogen and oxygen atoms in total. The Bertz CT molecular complexity index is 615. The summed E-state index contributed by atoms with van der Waals surface area (Å²) in [5.74, 6) is 1.47. The molecule has 1 N–H and O–H groups in total. The molecule has 1 aromatic carbocycles. The van der Waals surface area contributed by atoms with Crippen LogP contribution in [0, 0.1) is 0 Å². The third kappa shape index (κ3) is 1.19. The van der Waals surface area contributed by atoms with Crippen LogP contribution in [0.2, 0.25) is 0 Å². The van der Waals surface area contributed by atoms with Crippen LogP contribution < -0.4 is 15.0 Å². The monoisotopic (exact) mass is 217 g/mol. The summed E-state index contributed by atoms with van der Waals surface area (Å²) in [6, 6.07) is 5.53. The van der Waals surface area contributed by atoms with Crippen molar-refractivity contribution >= 4 is 10.9 Å². The molecule has 0 radical (unpaired) electrons. The minimum absolute atomic E-state index is 0.0508. The smallest absolute Gasteiger partial charge is 0.255 e. The molecule has 0 amide bonds. The fourth-order valence-corrected chi connectivity index (χ4v) is 2.06. The molecular weight excluding hydrogens is 206 g/mol. The Morgan fingerprint density at radius 1 is 1.44 bits per heavy atom. The Kier molecular flexibility index (Phi) is 1.89. The van der Waals surface area contributed by atoms with E-state index in [1.54, 1.807) is 7.11 Å². The summed E-state index contributed by atoms with van der Waals surface area (Å²) in [6.45, 7) is 0.578. The zero-order chi connectivity index (χ0) is 11.1. The Morgan fingerprint density at radius 3 is 3.12 bits per heavy atom. The molecule has 1 aromatic heterocycles. The number of ether oxygens (including phenoxy) is 2. The Hall–Kier alpha value is -1.97. The maximum atomic E-state index is 11.7. The van der Waals surface area contributed by atoms with Crippen LogP contribution in [0.5, 0.6) is 11.5 Å². The zero-order valence-corrected chi connectivity index (χ0v) is 8.87. The Balaban J connectivity index is 2.40. The van der Waals surface area contributed by atoms with Gasteiger partial charge in [-0.05, 0) is 18.2 Å². The highest BCUT2D eigenvalue weighted by atomic mass is 16.5. The highest BCUT2D eigenvalue weighted by Crippen LogP contribution is 2.32. The van der Waals surface area contributed by atoms with Crippen LogP contribution in [0.3, 0.4) is 0 Å². The molecule has 2 aromatic rings. The molecule has 1 aliphatic heterocycles. The number of aromatic nitrogens is 1. The summed E-state index contributed by atoms with van der Waals surface area (Å²) in [5, 5.41) is 0.909. The van der Waals surface area contributed by atoms with E-state index in [0.29, 0.717) is 18.8 Å². The molecule has 0 atom stereocenters. The van der Waals surface area contributed by atoms with E-state index in [9.17, 15) is 4.79 Å². The summed E-state index contributed by atoms with van der Waals surface area (Å²) in [6.07, 6.45) is 0.678. The lowest BCUT2D eigenvalue weighted by Gasteiger charge is -2.06. The van der Waals surface area contributed by atoms with E-state index in [4.69, 9.17) is 9.47 Å². The average molecular weight is 217 g/mol. The van der Waals surface area contributed by atoms with Crippen LogP contribution >= 0.6 is 0 Å². The number of rotatable bonds is 1. The fraction of sp³-hybridized carbons (Fsp3) is 0.250.